The average molecular weight is 316 g/mol. The van der Waals surface area contributed by atoms with Crippen LogP contribution >= 0.6 is 0 Å². The monoisotopic (exact) mass is 316 g/mol. The molecule has 6 nitrogen and oxygen atoms in total. The first-order valence-electron chi connectivity index (χ1n) is 7.35. The van der Waals surface area contributed by atoms with Gasteiger partial charge in [0.15, 0.2) is 0 Å². The first-order chi connectivity index (χ1) is 11.0. The fraction of sp³-hybridized carbons (Fsp3) is 0.294. The minimum absolute atomic E-state index is 0.168. The summed E-state index contributed by atoms with van der Waals surface area (Å²) in [5, 5.41) is 14.9. The number of nitrogens with one attached hydrogen (secondary N) is 2. The smallest absolute Gasteiger partial charge is 0.313 e. The Balaban J connectivity index is 1.81. The lowest BCUT2D eigenvalue weighted by atomic mass is 10.1. The molecule has 0 fully saturated rings. The van der Waals surface area contributed by atoms with Crippen LogP contribution in [0.5, 0.6) is 0 Å². The van der Waals surface area contributed by atoms with Gasteiger partial charge in [-0.25, -0.2) is 0 Å². The number of aliphatic hydroxyl groups is 1. The van der Waals surface area contributed by atoms with Gasteiger partial charge >= 0.3 is 11.8 Å². The molecule has 2 rings (SSSR count). The molecule has 6 heteroatoms. The van der Waals surface area contributed by atoms with Crippen molar-refractivity contribution in [3.05, 3.63) is 53.5 Å². The lowest BCUT2D eigenvalue weighted by Gasteiger charge is -2.11. The molecule has 1 aromatic carbocycles. The van der Waals surface area contributed by atoms with Gasteiger partial charge in [0.2, 0.25) is 0 Å². The van der Waals surface area contributed by atoms with Gasteiger partial charge in [0.25, 0.3) is 0 Å². The summed E-state index contributed by atoms with van der Waals surface area (Å²) in [6.45, 7) is 3.93. The molecule has 2 aromatic rings. The third-order valence-electron chi connectivity index (χ3n) is 3.42. The van der Waals surface area contributed by atoms with E-state index in [0.29, 0.717) is 11.4 Å². The van der Waals surface area contributed by atoms with Crippen LogP contribution in [0.2, 0.25) is 0 Å². The van der Waals surface area contributed by atoms with E-state index in [-0.39, 0.29) is 13.0 Å². The zero-order valence-corrected chi connectivity index (χ0v) is 13.1. The molecule has 1 unspecified atom stereocenters. The highest BCUT2D eigenvalue weighted by atomic mass is 16.4. The quantitative estimate of drug-likeness (QED) is 0.736. The summed E-state index contributed by atoms with van der Waals surface area (Å²) in [5.41, 5.74) is 2.48. The van der Waals surface area contributed by atoms with Crippen molar-refractivity contribution in [1.82, 2.24) is 5.32 Å². The van der Waals surface area contributed by atoms with Crippen molar-refractivity contribution in [3.63, 3.8) is 0 Å². The first kappa shape index (κ1) is 16.8. The Bertz CT molecular complexity index is 680. The van der Waals surface area contributed by atoms with E-state index in [1.807, 2.05) is 26.0 Å². The zero-order valence-electron chi connectivity index (χ0n) is 13.1. The maximum absolute atomic E-state index is 11.9. The molecule has 23 heavy (non-hydrogen) atoms. The molecular weight excluding hydrogens is 296 g/mol. The van der Waals surface area contributed by atoms with Crippen molar-refractivity contribution >= 4 is 17.5 Å². The Morgan fingerprint density at radius 2 is 2.00 bits per heavy atom. The van der Waals surface area contributed by atoms with E-state index < -0.39 is 17.9 Å². The normalized spacial score (nSPS) is 11.8. The van der Waals surface area contributed by atoms with Crippen molar-refractivity contribution in [2.75, 3.05) is 11.9 Å². The average Bonchev–Trinajstić information content (AvgIpc) is 3.05. The molecular formula is C17H20N2O4. The van der Waals surface area contributed by atoms with E-state index in [0.717, 1.165) is 11.1 Å². The summed E-state index contributed by atoms with van der Waals surface area (Å²) in [6.07, 6.45) is 0.914. The number of aliphatic hydroxyl groups excluding tert-OH is 1. The molecule has 0 aliphatic heterocycles. The van der Waals surface area contributed by atoms with Crippen LogP contribution in [0, 0.1) is 13.8 Å². The highest BCUT2D eigenvalue weighted by molar-refractivity contribution is 6.39. The highest BCUT2D eigenvalue weighted by Gasteiger charge is 2.16. The predicted octanol–water partition coefficient (Wildman–Crippen LogP) is 2.07. The van der Waals surface area contributed by atoms with Crippen molar-refractivity contribution < 1.29 is 19.1 Å². The number of hydrogen-bond acceptors (Lipinski definition) is 4. The molecule has 0 radical (unpaired) electrons. The molecule has 0 saturated heterocycles. The Labute approximate surface area is 134 Å². The first-order valence-corrected chi connectivity index (χ1v) is 7.35. The standard InChI is InChI=1S/C17H20N2O4/c1-11-5-6-12(2)13(10-11)19-17(22)16(21)18-8-7-14(20)15-4-3-9-23-15/h3-6,9-10,14,20H,7-8H2,1-2H3,(H,18,21)(H,19,22). The Morgan fingerprint density at radius 3 is 2.70 bits per heavy atom. The molecule has 1 atom stereocenters. The van der Waals surface area contributed by atoms with Gasteiger partial charge in [-0.2, -0.15) is 0 Å². The highest BCUT2D eigenvalue weighted by Crippen LogP contribution is 2.17. The van der Waals surface area contributed by atoms with Crippen molar-refractivity contribution in [2.24, 2.45) is 0 Å². The fourth-order valence-corrected chi connectivity index (χ4v) is 2.08. The second-order valence-corrected chi connectivity index (χ2v) is 5.35. The van der Waals surface area contributed by atoms with E-state index >= 15 is 0 Å². The molecule has 0 saturated carbocycles. The Hall–Kier alpha value is -2.60. The third kappa shape index (κ3) is 4.69. The zero-order chi connectivity index (χ0) is 16.8. The summed E-state index contributed by atoms with van der Waals surface area (Å²) in [7, 11) is 0. The Kier molecular flexibility index (Phi) is 5.54. The summed E-state index contributed by atoms with van der Waals surface area (Å²) >= 11 is 0. The fourth-order valence-electron chi connectivity index (χ4n) is 2.08. The topological polar surface area (TPSA) is 91.6 Å². The van der Waals surface area contributed by atoms with Gasteiger partial charge in [0, 0.05) is 12.2 Å². The van der Waals surface area contributed by atoms with Gasteiger partial charge in [-0.05, 0) is 49.6 Å². The molecule has 0 spiro atoms. The second-order valence-electron chi connectivity index (χ2n) is 5.35. The molecule has 1 heterocycles. The summed E-state index contributed by atoms with van der Waals surface area (Å²) in [6, 6.07) is 8.94. The molecule has 1 aromatic heterocycles. The maximum Gasteiger partial charge on any atom is 0.313 e. The minimum atomic E-state index is -0.813. The van der Waals surface area contributed by atoms with Crippen molar-refractivity contribution in [3.8, 4) is 0 Å². The number of rotatable bonds is 5. The molecule has 122 valence electrons. The van der Waals surface area contributed by atoms with Gasteiger partial charge in [0.05, 0.1) is 6.26 Å². The van der Waals surface area contributed by atoms with Crippen LogP contribution in [0.15, 0.2) is 41.0 Å². The molecule has 0 aliphatic carbocycles. The molecule has 3 N–H and O–H groups in total. The van der Waals surface area contributed by atoms with Crippen LogP contribution in [0.3, 0.4) is 0 Å². The van der Waals surface area contributed by atoms with Gasteiger partial charge in [0.1, 0.15) is 11.9 Å². The second kappa shape index (κ2) is 7.60. The lowest BCUT2D eigenvalue weighted by Crippen LogP contribution is -2.36. The van der Waals surface area contributed by atoms with Crippen LogP contribution < -0.4 is 10.6 Å². The van der Waals surface area contributed by atoms with Crippen LogP contribution in [0.25, 0.3) is 0 Å². The Morgan fingerprint density at radius 1 is 1.22 bits per heavy atom. The van der Waals surface area contributed by atoms with Crippen molar-refractivity contribution in [1.29, 1.82) is 0 Å². The van der Waals surface area contributed by atoms with Crippen LogP contribution in [0.1, 0.15) is 29.4 Å². The summed E-state index contributed by atoms with van der Waals surface area (Å²) in [5.74, 6) is -1.04. The van der Waals surface area contributed by atoms with E-state index in [1.54, 1.807) is 18.2 Å². The number of amides is 2. The van der Waals surface area contributed by atoms with Crippen LogP contribution in [-0.2, 0) is 9.59 Å². The van der Waals surface area contributed by atoms with Crippen LogP contribution in [0.4, 0.5) is 5.69 Å². The number of furan rings is 1. The van der Waals surface area contributed by atoms with Gasteiger partial charge in [-0.3, -0.25) is 9.59 Å². The number of anilines is 1. The maximum atomic E-state index is 11.9. The van der Waals surface area contributed by atoms with E-state index in [1.165, 1.54) is 6.26 Å². The predicted molar refractivity (Wildman–Crippen MR) is 85.8 cm³/mol. The number of carbonyl (C=O) groups is 2. The van der Waals surface area contributed by atoms with Gasteiger partial charge in [-0.15, -0.1) is 0 Å². The van der Waals surface area contributed by atoms with E-state index in [4.69, 9.17) is 4.42 Å². The molecule has 0 bridgehead atoms. The largest absolute Gasteiger partial charge is 0.467 e. The molecule has 2 amide bonds. The lowest BCUT2D eigenvalue weighted by molar-refractivity contribution is -0.136. The number of benzene rings is 1. The van der Waals surface area contributed by atoms with E-state index in [9.17, 15) is 14.7 Å². The van der Waals surface area contributed by atoms with Gasteiger partial charge < -0.3 is 20.2 Å². The minimum Gasteiger partial charge on any atom is -0.467 e. The summed E-state index contributed by atoms with van der Waals surface area (Å²) < 4.78 is 5.06. The number of carbonyl (C=O) groups excluding carboxylic acids is 2. The van der Waals surface area contributed by atoms with Crippen molar-refractivity contribution in [2.45, 2.75) is 26.4 Å². The SMILES string of the molecule is Cc1ccc(C)c(NC(=O)C(=O)NCCC(O)c2ccco2)c1. The van der Waals surface area contributed by atoms with Gasteiger partial charge in [-0.1, -0.05) is 12.1 Å². The van der Waals surface area contributed by atoms with Crippen LogP contribution in [-0.4, -0.2) is 23.5 Å². The number of hydrogen-bond donors (Lipinski definition) is 3. The third-order valence-corrected chi connectivity index (χ3v) is 3.42. The van der Waals surface area contributed by atoms with E-state index in [2.05, 4.69) is 10.6 Å². The summed E-state index contributed by atoms with van der Waals surface area (Å²) in [4.78, 5) is 23.7. The molecule has 0 aliphatic rings. The number of aryl methyl sites for hydroxylation is 2.